The molecule has 5 atom stereocenters. The lowest BCUT2D eigenvalue weighted by atomic mass is 9.99. The molecule has 1 amide bonds. The number of nitrogens with zero attached hydrogens (tertiary/aromatic N) is 1. The molecule has 160 valence electrons. The second kappa shape index (κ2) is 10.3. The smallest absolute Gasteiger partial charge is 0.244 e. The minimum absolute atomic E-state index is 0.226. The highest BCUT2D eigenvalue weighted by molar-refractivity contribution is 5.83. The number of hydrogen-bond acceptors (Lipinski definition) is 8. The first-order valence-electron chi connectivity index (χ1n) is 9.41. The molecule has 0 saturated carbocycles. The lowest BCUT2D eigenvalue weighted by Gasteiger charge is -2.39. The molecular formula is C21H24N2O7. The number of hydrogen-bond donors (Lipinski definition) is 5. The van der Waals surface area contributed by atoms with Gasteiger partial charge >= 0.3 is 0 Å². The SMILES string of the molecule is O=C(Cc1ccccc1)NN=Cc1ccc(OC2OC(CO)C(O)C(O)C2O)cc1. The molecule has 0 spiro atoms. The van der Waals surface area contributed by atoms with E-state index in [4.69, 9.17) is 9.47 Å². The predicted octanol–water partition coefficient (Wildman–Crippen LogP) is -0.442. The van der Waals surface area contributed by atoms with Crippen LogP contribution in [0.1, 0.15) is 11.1 Å². The normalized spacial score (nSPS) is 26.5. The number of carbonyl (C=O) groups is 1. The van der Waals surface area contributed by atoms with Crippen molar-refractivity contribution >= 4 is 12.1 Å². The fourth-order valence-electron chi connectivity index (χ4n) is 2.93. The molecule has 1 aliphatic rings. The van der Waals surface area contributed by atoms with Crippen molar-refractivity contribution in [1.82, 2.24) is 5.43 Å². The van der Waals surface area contributed by atoms with E-state index in [0.29, 0.717) is 11.3 Å². The van der Waals surface area contributed by atoms with Gasteiger partial charge in [0.15, 0.2) is 0 Å². The molecule has 0 radical (unpaired) electrons. The molecular weight excluding hydrogens is 392 g/mol. The summed E-state index contributed by atoms with van der Waals surface area (Å²) in [7, 11) is 0. The van der Waals surface area contributed by atoms with E-state index in [0.717, 1.165) is 5.56 Å². The summed E-state index contributed by atoms with van der Waals surface area (Å²) < 4.78 is 10.8. The van der Waals surface area contributed by atoms with Crippen LogP contribution in [0.25, 0.3) is 0 Å². The average Bonchev–Trinajstić information content (AvgIpc) is 2.76. The van der Waals surface area contributed by atoms with Gasteiger partial charge in [-0.2, -0.15) is 5.10 Å². The minimum atomic E-state index is -1.51. The van der Waals surface area contributed by atoms with Crippen LogP contribution in [0.15, 0.2) is 59.7 Å². The van der Waals surface area contributed by atoms with Gasteiger partial charge in [0.1, 0.15) is 30.2 Å². The van der Waals surface area contributed by atoms with Gasteiger partial charge in [0.25, 0.3) is 0 Å². The van der Waals surface area contributed by atoms with Gasteiger partial charge in [-0.15, -0.1) is 0 Å². The van der Waals surface area contributed by atoms with Crippen LogP contribution in [0.4, 0.5) is 0 Å². The maximum absolute atomic E-state index is 11.9. The summed E-state index contributed by atoms with van der Waals surface area (Å²) in [5.41, 5.74) is 4.04. The van der Waals surface area contributed by atoms with Crippen molar-refractivity contribution in [2.75, 3.05) is 6.61 Å². The van der Waals surface area contributed by atoms with E-state index in [1.165, 1.54) is 6.21 Å². The van der Waals surface area contributed by atoms with Crippen LogP contribution in [0.5, 0.6) is 5.75 Å². The van der Waals surface area contributed by atoms with Gasteiger partial charge in [0.2, 0.25) is 12.2 Å². The molecule has 3 rings (SSSR count). The standard InChI is InChI=1S/C21H24N2O7/c24-12-16-18(26)19(27)20(28)21(30-16)29-15-8-6-14(7-9-15)11-22-23-17(25)10-13-4-2-1-3-5-13/h1-9,11,16,18-21,24,26-28H,10,12H2,(H,23,25). The Hall–Kier alpha value is -2.82. The number of amides is 1. The number of hydrazone groups is 1. The highest BCUT2D eigenvalue weighted by Gasteiger charge is 2.44. The number of benzene rings is 2. The monoisotopic (exact) mass is 416 g/mol. The van der Waals surface area contributed by atoms with Crippen molar-refractivity contribution in [1.29, 1.82) is 0 Å². The third kappa shape index (κ3) is 5.62. The van der Waals surface area contributed by atoms with E-state index in [2.05, 4.69) is 10.5 Å². The summed E-state index contributed by atoms with van der Waals surface area (Å²) in [6.45, 7) is -0.532. The summed E-state index contributed by atoms with van der Waals surface area (Å²) >= 11 is 0. The van der Waals surface area contributed by atoms with Crippen LogP contribution < -0.4 is 10.2 Å². The number of aliphatic hydroxyl groups excluding tert-OH is 4. The Balaban J connectivity index is 1.52. The van der Waals surface area contributed by atoms with Gasteiger partial charge in [-0.3, -0.25) is 4.79 Å². The maximum atomic E-state index is 11.9. The fraction of sp³-hybridized carbons (Fsp3) is 0.333. The highest BCUT2D eigenvalue weighted by atomic mass is 16.7. The zero-order valence-electron chi connectivity index (χ0n) is 16.0. The molecule has 2 aromatic carbocycles. The number of rotatable bonds is 7. The van der Waals surface area contributed by atoms with Gasteiger partial charge in [0.05, 0.1) is 19.2 Å². The summed E-state index contributed by atoms with van der Waals surface area (Å²) in [5, 5.41) is 42.7. The Morgan fingerprint density at radius 1 is 1.03 bits per heavy atom. The van der Waals surface area contributed by atoms with Crippen LogP contribution in [-0.2, 0) is 16.0 Å². The summed E-state index contributed by atoms with van der Waals surface area (Å²) in [6, 6.07) is 15.8. The molecule has 2 aromatic rings. The summed E-state index contributed by atoms with van der Waals surface area (Å²) in [6.07, 6.45) is -5.03. The van der Waals surface area contributed by atoms with E-state index < -0.39 is 37.3 Å². The van der Waals surface area contributed by atoms with Crippen molar-refractivity contribution in [3.8, 4) is 5.75 Å². The van der Waals surface area contributed by atoms with Crippen LogP contribution >= 0.6 is 0 Å². The Morgan fingerprint density at radius 2 is 1.73 bits per heavy atom. The third-order valence-electron chi connectivity index (χ3n) is 4.59. The zero-order valence-corrected chi connectivity index (χ0v) is 16.0. The van der Waals surface area contributed by atoms with Gasteiger partial charge in [-0.25, -0.2) is 5.43 Å². The van der Waals surface area contributed by atoms with E-state index in [9.17, 15) is 25.2 Å². The van der Waals surface area contributed by atoms with Crippen molar-refractivity contribution in [2.45, 2.75) is 37.1 Å². The van der Waals surface area contributed by atoms with Crippen LogP contribution in [0.2, 0.25) is 0 Å². The van der Waals surface area contributed by atoms with Crippen molar-refractivity contribution in [2.24, 2.45) is 5.10 Å². The predicted molar refractivity (Wildman–Crippen MR) is 107 cm³/mol. The molecule has 0 aromatic heterocycles. The molecule has 5 N–H and O–H groups in total. The first kappa shape index (κ1) is 21.9. The number of aliphatic hydroxyl groups is 4. The van der Waals surface area contributed by atoms with Crippen LogP contribution in [0.3, 0.4) is 0 Å². The first-order chi connectivity index (χ1) is 14.5. The van der Waals surface area contributed by atoms with Gasteiger partial charge < -0.3 is 29.9 Å². The minimum Gasteiger partial charge on any atom is -0.462 e. The number of nitrogens with one attached hydrogen (secondary N) is 1. The quantitative estimate of drug-likeness (QED) is 0.304. The summed E-state index contributed by atoms with van der Waals surface area (Å²) in [4.78, 5) is 11.9. The lowest BCUT2D eigenvalue weighted by Crippen LogP contribution is -2.60. The Labute approximate surface area is 173 Å². The molecule has 1 fully saturated rings. The second-order valence-corrected chi connectivity index (χ2v) is 6.84. The Morgan fingerprint density at radius 3 is 2.40 bits per heavy atom. The van der Waals surface area contributed by atoms with Crippen LogP contribution in [-0.4, -0.2) is 69.9 Å². The molecule has 30 heavy (non-hydrogen) atoms. The van der Waals surface area contributed by atoms with E-state index in [-0.39, 0.29) is 12.3 Å². The third-order valence-corrected chi connectivity index (χ3v) is 4.59. The molecule has 1 saturated heterocycles. The van der Waals surface area contributed by atoms with E-state index in [1.807, 2.05) is 30.3 Å². The van der Waals surface area contributed by atoms with Crippen molar-refractivity contribution in [3.63, 3.8) is 0 Å². The summed E-state index contributed by atoms with van der Waals surface area (Å²) in [5.74, 6) is 0.101. The molecule has 0 aliphatic carbocycles. The Kier molecular flexibility index (Phi) is 7.50. The van der Waals surface area contributed by atoms with Gasteiger partial charge in [0, 0.05) is 0 Å². The second-order valence-electron chi connectivity index (χ2n) is 6.84. The zero-order chi connectivity index (χ0) is 21.5. The Bertz CT molecular complexity index is 842. The van der Waals surface area contributed by atoms with Crippen molar-refractivity contribution < 1.29 is 34.7 Å². The maximum Gasteiger partial charge on any atom is 0.244 e. The largest absolute Gasteiger partial charge is 0.462 e. The number of ether oxygens (including phenoxy) is 2. The molecule has 9 nitrogen and oxygen atoms in total. The molecule has 5 unspecified atom stereocenters. The van der Waals surface area contributed by atoms with Gasteiger partial charge in [-0.05, 0) is 35.4 Å². The fourth-order valence-corrected chi connectivity index (χ4v) is 2.93. The van der Waals surface area contributed by atoms with E-state index in [1.54, 1.807) is 24.3 Å². The molecule has 1 aliphatic heterocycles. The van der Waals surface area contributed by atoms with E-state index >= 15 is 0 Å². The molecule has 0 bridgehead atoms. The van der Waals surface area contributed by atoms with Crippen LogP contribution in [0, 0.1) is 0 Å². The van der Waals surface area contributed by atoms with Gasteiger partial charge in [-0.1, -0.05) is 30.3 Å². The van der Waals surface area contributed by atoms with Crippen molar-refractivity contribution in [3.05, 3.63) is 65.7 Å². The lowest BCUT2D eigenvalue weighted by molar-refractivity contribution is -0.277. The number of carbonyl (C=O) groups excluding carboxylic acids is 1. The molecule has 9 heteroatoms. The topological polar surface area (TPSA) is 141 Å². The molecule has 1 heterocycles. The first-order valence-corrected chi connectivity index (χ1v) is 9.41. The average molecular weight is 416 g/mol. The highest BCUT2D eigenvalue weighted by Crippen LogP contribution is 2.24.